The third-order valence-electron chi connectivity index (χ3n) is 2.65. The molecule has 1 aromatic carbocycles. The summed E-state index contributed by atoms with van der Waals surface area (Å²) in [5.41, 5.74) is 2.27. The zero-order valence-electron chi connectivity index (χ0n) is 8.08. The van der Waals surface area contributed by atoms with Crippen LogP contribution in [0.5, 0.6) is 0 Å². The summed E-state index contributed by atoms with van der Waals surface area (Å²) >= 11 is 4.92. The summed E-state index contributed by atoms with van der Waals surface area (Å²) in [4.78, 5) is 6.27. The highest BCUT2D eigenvalue weighted by Crippen LogP contribution is 2.39. The molecule has 0 aliphatic carbocycles. The maximum absolute atomic E-state index is 4.92. The van der Waals surface area contributed by atoms with E-state index in [1.807, 2.05) is 30.1 Å². The molecule has 1 aromatic rings. The monoisotopic (exact) mass is 216 g/mol. The Kier molecular flexibility index (Phi) is 1.70. The van der Waals surface area contributed by atoms with Crippen LogP contribution in [0.1, 0.15) is 11.6 Å². The number of para-hydroxylation sites is 1. The molecule has 15 heavy (non-hydrogen) atoms. The van der Waals surface area contributed by atoms with Gasteiger partial charge in [-0.05, 0) is 18.3 Å². The quantitative estimate of drug-likeness (QED) is 0.624. The predicted molar refractivity (Wildman–Crippen MR) is 62.5 cm³/mol. The van der Waals surface area contributed by atoms with Crippen molar-refractivity contribution >= 4 is 28.9 Å². The van der Waals surface area contributed by atoms with E-state index in [9.17, 15) is 0 Å². The van der Waals surface area contributed by atoms with E-state index in [-0.39, 0.29) is 6.04 Å². The number of likely N-dealkylation sites (N-methyl/N-ethyl adjacent to an activating group) is 1. The van der Waals surface area contributed by atoms with Crippen LogP contribution in [0.15, 0.2) is 39.5 Å². The molecule has 0 saturated carbocycles. The lowest BCUT2D eigenvalue weighted by molar-refractivity contribution is 0.888. The van der Waals surface area contributed by atoms with E-state index in [0.717, 1.165) is 17.1 Å². The molecule has 2 heterocycles. The smallest absolute Gasteiger partial charge is 0.241 e. The summed E-state index contributed by atoms with van der Waals surface area (Å²) in [5.74, 6) is 0.871. The first-order valence-corrected chi connectivity index (χ1v) is 5.04. The van der Waals surface area contributed by atoms with Crippen molar-refractivity contribution in [3.8, 4) is 0 Å². The summed E-state index contributed by atoms with van der Waals surface area (Å²) in [5, 5.41) is 8.33. The Balaban J connectivity index is 2.21. The van der Waals surface area contributed by atoms with Crippen LogP contribution in [-0.4, -0.2) is 18.0 Å². The first-order valence-electron chi connectivity index (χ1n) is 4.63. The summed E-state index contributed by atoms with van der Waals surface area (Å²) in [6.45, 7) is 0. The fraction of sp³-hybridized carbons (Fsp3) is 0.200. The second kappa shape index (κ2) is 2.93. The summed E-state index contributed by atoms with van der Waals surface area (Å²) in [6.07, 6.45) is 0. The lowest BCUT2D eigenvalue weighted by Crippen LogP contribution is -2.26. The number of hydrogen-bond acceptors (Lipinski definition) is 3. The van der Waals surface area contributed by atoms with Crippen LogP contribution >= 0.6 is 12.2 Å². The molecule has 74 valence electrons. The lowest BCUT2D eigenvalue weighted by Gasteiger charge is -2.15. The first-order chi connectivity index (χ1) is 7.27. The largest absolute Gasteiger partial charge is 0.330 e. The Hall–Kier alpha value is -1.62. The Labute approximate surface area is 92.3 Å². The third-order valence-corrected chi connectivity index (χ3v) is 2.82. The Bertz CT molecular complexity index is 506. The van der Waals surface area contributed by atoms with Crippen molar-refractivity contribution in [3.63, 3.8) is 0 Å². The van der Waals surface area contributed by atoms with Gasteiger partial charge in [-0.25, -0.2) is 4.99 Å². The number of nitrogens with zero attached hydrogens (tertiary/aromatic N) is 4. The maximum atomic E-state index is 4.92. The van der Waals surface area contributed by atoms with Crippen molar-refractivity contribution in [2.75, 3.05) is 11.9 Å². The lowest BCUT2D eigenvalue weighted by atomic mass is 10.1. The van der Waals surface area contributed by atoms with Crippen LogP contribution in [0.2, 0.25) is 0 Å². The molecule has 1 atom stereocenters. The average molecular weight is 216 g/mol. The third kappa shape index (κ3) is 1.13. The van der Waals surface area contributed by atoms with Crippen LogP contribution in [0.4, 0.5) is 5.69 Å². The number of fused-ring (bicyclic) bond motifs is 3. The van der Waals surface area contributed by atoms with Crippen molar-refractivity contribution in [1.82, 2.24) is 0 Å². The molecule has 2 aliphatic heterocycles. The van der Waals surface area contributed by atoms with E-state index in [2.05, 4.69) is 21.3 Å². The predicted octanol–water partition coefficient (Wildman–Crippen LogP) is 2.33. The molecule has 0 saturated heterocycles. The minimum atomic E-state index is -0.0714. The molecule has 0 radical (unpaired) electrons. The molecule has 0 amide bonds. The highest BCUT2D eigenvalue weighted by Gasteiger charge is 2.35. The summed E-state index contributed by atoms with van der Waals surface area (Å²) in [6, 6.07) is 8.03. The number of amidine groups is 1. The molecular formula is C10H8N4S. The molecule has 2 aliphatic rings. The van der Waals surface area contributed by atoms with Gasteiger partial charge in [-0.1, -0.05) is 18.2 Å². The summed E-state index contributed by atoms with van der Waals surface area (Å²) in [7, 11) is 1.97. The average Bonchev–Trinajstić information content (AvgIpc) is 2.54. The number of azo groups is 1. The van der Waals surface area contributed by atoms with Gasteiger partial charge in [-0.3, -0.25) is 0 Å². The standard InChI is InChI=1S/C10H8N4S/c1-14-7-5-3-2-4-6(7)8-9(14)11-10(15)13-12-8/h2-5,8H,1H3/t8-/m0/s1. The van der Waals surface area contributed by atoms with Crippen LogP contribution in [0.3, 0.4) is 0 Å². The molecule has 0 spiro atoms. The molecule has 5 heteroatoms. The molecule has 0 unspecified atom stereocenters. The van der Waals surface area contributed by atoms with Gasteiger partial charge in [0.25, 0.3) is 0 Å². The van der Waals surface area contributed by atoms with Crippen LogP contribution in [0.25, 0.3) is 0 Å². The zero-order valence-corrected chi connectivity index (χ0v) is 8.90. The van der Waals surface area contributed by atoms with Crippen molar-refractivity contribution in [2.24, 2.45) is 15.2 Å². The molecule has 4 nitrogen and oxygen atoms in total. The number of aliphatic imine (C=N–C) groups is 1. The van der Waals surface area contributed by atoms with E-state index in [4.69, 9.17) is 12.2 Å². The highest BCUT2D eigenvalue weighted by molar-refractivity contribution is 7.80. The van der Waals surface area contributed by atoms with E-state index >= 15 is 0 Å². The number of thiocarbonyl (C=S) groups is 1. The van der Waals surface area contributed by atoms with Gasteiger partial charge in [-0.2, -0.15) is 5.11 Å². The van der Waals surface area contributed by atoms with Gasteiger partial charge < -0.3 is 4.90 Å². The van der Waals surface area contributed by atoms with Crippen LogP contribution in [0, 0.1) is 0 Å². The van der Waals surface area contributed by atoms with Gasteiger partial charge in [-0.15, -0.1) is 5.11 Å². The van der Waals surface area contributed by atoms with Gasteiger partial charge in [0.2, 0.25) is 5.11 Å². The van der Waals surface area contributed by atoms with Crippen LogP contribution < -0.4 is 4.90 Å². The van der Waals surface area contributed by atoms with Crippen LogP contribution in [-0.2, 0) is 0 Å². The van der Waals surface area contributed by atoms with Gasteiger partial charge in [0, 0.05) is 18.3 Å². The molecule has 0 fully saturated rings. The van der Waals surface area contributed by atoms with Crippen molar-refractivity contribution in [2.45, 2.75) is 6.04 Å². The highest BCUT2D eigenvalue weighted by atomic mass is 32.1. The number of anilines is 1. The second-order valence-electron chi connectivity index (χ2n) is 3.49. The van der Waals surface area contributed by atoms with Gasteiger partial charge in [0.05, 0.1) is 0 Å². The topological polar surface area (TPSA) is 40.3 Å². The second-order valence-corrected chi connectivity index (χ2v) is 3.85. The van der Waals surface area contributed by atoms with Gasteiger partial charge >= 0.3 is 0 Å². The number of benzene rings is 1. The SMILES string of the molecule is CN1C2=NC(=S)N=N[C@H]2c2ccccc21. The fourth-order valence-corrected chi connectivity index (χ4v) is 2.09. The van der Waals surface area contributed by atoms with E-state index < -0.39 is 0 Å². The number of rotatable bonds is 0. The maximum Gasteiger partial charge on any atom is 0.241 e. The Morgan fingerprint density at radius 2 is 2.13 bits per heavy atom. The van der Waals surface area contributed by atoms with Crippen molar-refractivity contribution < 1.29 is 0 Å². The normalized spacial score (nSPS) is 22.5. The van der Waals surface area contributed by atoms with E-state index in [0.29, 0.717) is 5.11 Å². The Morgan fingerprint density at radius 3 is 3.00 bits per heavy atom. The molecule has 0 N–H and O–H groups in total. The number of hydrogen-bond donors (Lipinski definition) is 0. The minimum Gasteiger partial charge on any atom is -0.330 e. The minimum absolute atomic E-state index is 0.0714. The Morgan fingerprint density at radius 1 is 1.33 bits per heavy atom. The molecular weight excluding hydrogens is 208 g/mol. The van der Waals surface area contributed by atoms with Gasteiger partial charge in [0.1, 0.15) is 5.84 Å². The zero-order chi connectivity index (χ0) is 10.4. The van der Waals surface area contributed by atoms with E-state index in [1.165, 1.54) is 0 Å². The van der Waals surface area contributed by atoms with E-state index in [1.54, 1.807) is 0 Å². The molecule has 0 aromatic heterocycles. The first kappa shape index (κ1) is 8.67. The van der Waals surface area contributed by atoms with Crippen molar-refractivity contribution in [3.05, 3.63) is 29.8 Å². The summed E-state index contributed by atoms with van der Waals surface area (Å²) < 4.78 is 0. The van der Waals surface area contributed by atoms with Crippen molar-refractivity contribution in [1.29, 1.82) is 0 Å². The molecule has 3 rings (SSSR count). The fourth-order valence-electron chi connectivity index (χ4n) is 1.95. The van der Waals surface area contributed by atoms with Gasteiger partial charge in [0.15, 0.2) is 6.04 Å². The molecule has 0 bridgehead atoms.